The quantitative estimate of drug-likeness (QED) is 0.405. The van der Waals surface area contributed by atoms with Crippen molar-refractivity contribution in [1.82, 2.24) is 15.6 Å². The van der Waals surface area contributed by atoms with Gasteiger partial charge in [-0.1, -0.05) is 30.3 Å². The van der Waals surface area contributed by atoms with Crippen molar-refractivity contribution in [3.8, 4) is 5.75 Å². The average molecular weight is 555 g/mol. The van der Waals surface area contributed by atoms with Crippen molar-refractivity contribution in [3.05, 3.63) is 70.2 Å². The second kappa shape index (κ2) is 11.0. The van der Waals surface area contributed by atoms with E-state index in [4.69, 9.17) is 0 Å². The van der Waals surface area contributed by atoms with E-state index in [9.17, 15) is 21.6 Å². The van der Waals surface area contributed by atoms with Gasteiger partial charge in [-0.05, 0) is 57.0 Å². The Balaban J connectivity index is 1.61. The summed E-state index contributed by atoms with van der Waals surface area (Å²) >= 11 is 1.05. The van der Waals surface area contributed by atoms with Crippen LogP contribution in [0.1, 0.15) is 40.6 Å². The molecule has 7 nitrogen and oxygen atoms in total. The van der Waals surface area contributed by atoms with E-state index in [0.717, 1.165) is 51.5 Å². The number of aryl methyl sites for hydroxylation is 2. The van der Waals surface area contributed by atoms with E-state index in [0.29, 0.717) is 5.69 Å². The lowest BCUT2D eigenvalue weighted by atomic mass is 9.92. The number of nitrogens with zero attached hydrogens (tertiary/aromatic N) is 2. The van der Waals surface area contributed by atoms with Crippen LogP contribution in [0, 0.1) is 13.8 Å². The molecule has 1 fully saturated rings. The van der Waals surface area contributed by atoms with Crippen LogP contribution in [0.25, 0.3) is 0 Å². The first-order valence-corrected chi connectivity index (χ1v) is 14.0. The largest absolute Gasteiger partial charge is 0.573 e. The molecule has 1 aromatic heterocycles. The molecule has 2 unspecified atom stereocenters. The van der Waals surface area contributed by atoms with Gasteiger partial charge in [0.15, 0.2) is 0 Å². The summed E-state index contributed by atoms with van der Waals surface area (Å²) in [5.74, 6) is -0.379. The van der Waals surface area contributed by atoms with Crippen LogP contribution in [-0.2, 0) is 16.6 Å². The van der Waals surface area contributed by atoms with Gasteiger partial charge in [-0.2, -0.15) is 8.42 Å². The molecule has 1 aliphatic heterocycles. The highest BCUT2D eigenvalue weighted by Crippen LogP contribution is 2.33. The number of nitrogens with one attached hydrogen (secondary N) is 2. The van der Waals surface area contributed by atoms with Crippen LogP contribution in [0.15, 0.2) is 52.9 Å². The third kappa shape index (κ3) is 6.43. The first kappa shape index (κ1) is 27.4. The van der Waals surface area contributed by atoms with E-state index in [1.807, 2.05) is 30.3 Å². The van der Waals surface area contributed by atoms with Crippen molar-refractivity contribution in [2.45, 2.75) is 56.0 Å². The van der Waals surface area contributed by atoms with Gasteiger partial charge in [0, 0.05) is 36.1 Å². The number of sulfonamides is 1. The summed E-state index contributed by atoms with van der Waals surface area (Å²) in [6.07, 6.45) is -3.14. The minimum Gasteiger partial charge on any atom is -0.405 e. The van der Waals surface area contributed by atoms with Gasteiger partial charge in [-0.25, -0.2) is 4.98 Å². The molecular weight excluding hydrogens is 525 g/mol. The first-order chi connectivity index (χ1) is 17.5. The molecule has 37 heavy (non-hydrogen) atoms. The van der Waals surface area contributed by atoms with Crippen LogP contribution < -0.4 is 19.7 Å². The van der Waals surface area contributed by atoms with Crippen molar-refractivity contribution < 1.29 is 26.3 Å². The molecule has 1 aliphatic rings. The lowest BCUT2D eigenvalue weighted by Crippen LogP contribution is -2.45. The summed E-state index contributed by atoms with van der Waals surface area (Å²) in [7, 11) is -2.64. The summed E-state index contributed by atoms with van der Waals surface area (Å²) in [5, 5.41) is 6.85. The SMILES string of the molecule is Cc1nc(S(=O)(=O)N(C)c2ccc(OC(F)(F)F)c(CNC3CCCNC3c3ccccc3)c2)sc1C. The summed E-state index contributed by atoms with van der Waals surface area (Å²) in [6.45, 7) is 4.40. The number of rotatable bonds is 8. The minimum atomic E-state index is -4.89. The Labute approximate surface area is 218 Å². The number of thiazole rings is 1. The zero-order valence-electron chi connectivity index (χ0n) is 20.7. The molecule has 2 heterocycles. The molecule has 0 aliphatic carbocycles. The zero-order chi connectivity index (χ0) is 26.8. The van der Waals surface area contributed by atoms with Gasteiger partial charge in [-0.3, -0.25) is 4.31 Å². The molecule has 12 heteroatoms. The van der Waals surface area contributed by atoms with Gasteiger partial charge < -0.3 is 15.4 Å². The molecule has 2 atom stereocenters. The molecule has 1 saturated heterocycles. The Morgan fingerprint density at radius 1 is 1.19 bits per heavy atom. The Kier molecular flexibility index (Phi) is 8.12. The molecule has 2 aromatic carbocycles. The standard InChI is InChI=1S/C25H29F3N4O3S2/c1-16-17(2)36-24(31-16)37(33,34)32(3)20-11-12-22(35-25(26,27)28)19(14-20)15-30-21-10-7-13-29-23(21)18-8-5-4-6-9-18/h4-6,8-9,11-12,14,21,23,29-30H,7,10,13,15H2,1-3H3. The third-order valence-corrected chi connectivity index (χ3v) is 9.61. The number of halogens is 3. The fourth-order valence-electron chi connectivity index (χ4n) is 4.29. The molecule has 0 amide bonds. The minimum absolute atomic E-state index is 0.00968. The number of anilines is 1. The van der Waals surface area contributed by atoms with Crippen LogP contribution in [-0.4, -0.2) is 39.4 Å². The second-order valence-corrected chi connectivity index (χ2v) is 12.3. The van der Waals surface area contributed by atoms with Gasteiger partial charge in [-0.15, -0.1) is 24.5 Å². The van der Waals surface area contributed by atoms with E-state index < -0.39 is 16.4 Å². The number of ether oxygens (including phenoxy) is 1. The average Bonchev–Trinajstić information content (AvgIpc) is 3.21. The first-order valence-electron chi connectivity index (χ1n) is 11.8. The molecule has 3 aromatic rings. The van der Waals surface area contributed by atoms with Crippen molar-refractivity contribution in [2.24, 2.45) is 0 Å². The highest BCUT2D eigenvalue weighted by Gasteiger charge is 2.33. The summed E-state index contributed by atoms with van der Waals surface area (Å²) in [5.41, 5.74) is 2.10. The molecule has 0 saturated carbocycles. The van der Waals surface area contributed by atoms with Crippen LogP contribution >= 0.6 is 11.3 Å². The maximum atomic E-state index is 13.2. The Morgan fingerprint density at radius 3 is 2.57 bits per heavy atom. The Hall–Kier alpha value is -2.67. The highest BCUT2D eigenvalue weighted by molar-refractivity contribution is 7.94. The molecule has 0 radical (unpaired) electrons. The van der Waals surface area contributed by atoms with Gasteiger partial charge in [0.1, 0.15) is 5.75 Å². The Morgan fingerprint density at radius 2 is 1.92 bits per heavy atom. The van der Waals surface area contributed by atoms with Crippen molar-refractivity contribution in [2.75, 3.05) is 17.9 Å². The van der Waals surface area contributed by atoms with Gasteiger partial charge in [0.2, 0.25) is 4.34 Å². The van der Waals surface area contributed by atoms with Crippen LogP contribution in [0.3, 0.4) is 0 Å². The number of aromatic nitrogens is 1. The number of benzene rings is 2. The van der Waals surface area contributed by atoms with E-state index >= 15 is 0 Å². The summed E-state index contributed by atoms with van der Waals surface area (Å²) < 4.78 is 71.0. The maximum absolute atomic E-state index is 13.2. The van der Waals surface area contributed by atoms with E-state index in [2.05, 4.69) is 20.4 Å². The maximum Gasteiger partial charge on any atom is 0.573 e. The predicted molar refractivity (Wildman–Crippen MR) is 137 cm³/mol. The number of piperidine rings is 1. The fraction of sp³-hybridized carbons (Fsp3) is 0.400. The fourth-order valence-corrected chi connectivity index (χ4v) is 6.94. The van der Waals surface area contributed by atoms with E-state index in [1.165, 1.54) is 19.2 Å². The van der Waals surface area contributed by atoms with Crippen molar-refractivity contribution in [3.63, 3.8) is 0 Å². The van der Waals surface area contributed by atoms with Crippen LogP contribution in [0.5, 0.6) is 5.75 Å². The number of hydrogen-bond donors (Lipinski definition) is 2. The van der Waals surface area contributed by atoms with Crippen molar-refractivity contribution in [1.29, 1.82) is 0 Å². The molecule has 4 rings (SSSR count). The second-order valence-electron chi connectivity index (χ2n) is 8.91. The van der Waals surface area contributed by atoms with Crippen LogP contribution in [0.2, 0.25) is 0 Å². The van der Waals surface area contributed by atoms with Crippen molar-refractivity contribution >= 4 is 27.0 Å². The summed E-state index contributed by atoms with van der Waals surface area (Å²) in [4.78, 5) is 4.93. The molecule has 0 bridgehead atoms. The van der Waals surface area contributed by atoms with E-state index in [1.54, 1.807) is 13.8 Å². The lowest BCUT2D eigenvalue weighted by molar-refractivity contribution is -0.274. The monoisotopic (exact) mass is 554 g/mol. The normalized spacial score (nSPS) is 18.5. The van der Waals surface area contributed by atoms with Gasteiger partial charge in [0.25, 0.3) is 10.0 Å². The predicted octanol–water partition coefficient (Wildman–Crippen LogP) is 5.07. The summed E-state index contributed by atoms with van der Waals surface area (Å²) in [6, 6.07) is 13.7. The third-order valence-electron chi connectivity index (χ3n) is 6.40. The smallest absolute Gasteiger partial charge is 0.405 e. The lowest BCUT2D eigenvalue weighted by Gasteiger charge is -2.34. The highest BCUT2D eigenvalue weighted by atomic mass is 32.2. The molecular formula is C25H29F3N4O3S2. The number of hydrogen-bond acceptors (Lipinski definition) is 7. The molecule has 200 valence electrons. The molecule has 2 N–H and O–H groups in total. The topological polar surface area (TPSA) is 83.6 Å². The molecule has 0 spiro atoms. The van der Waals surface area contributed by atoms with E-state index in [-0.39, 0.29) is 40.0 Å². The zero-order valence-corrected chi connectivity index (χ0v) is 22.3. The van der Waals surface area contributed by atoms with Crippen LogP contribution in [0.4, 0.5) is 18.9 Å². The number of alkyl halides is 3. The Bertz CT molecular complexity index is 1310. The van der Waals surface area contributed by atoms with Gasteiger partial charge >= 0.3 is 6.36 Å². The van der Waals surface area contributed by atoms with Gasteiger partial charge in [0.05, 0.1) is 11.4 Å².